The average molecular weight is 325 g/mol. The Morgan fingerprint density at radius 1 is 0.958 bits per heavy atom. The maximum absolute atomic E-state index is 12.3. The second-order valence-corrected chi connectivity index (χ2v) is 7.18. The molecule has 0 saturated carbocycles. The summed E-state index contributed by atoms with van der Waals surface area (Å²) in [5, 5.41) is 3.01. The number of nitrogens with one attached hydrogen (secondary N) is 1. The lowest BCUT2D eigenvalue weighted by molar-refractivity contribution is -0.127. The molecule has 2 aromatic rings. The van der Waals surface area contributed by atoms with Crippen molar-refractivity contribution in [3.8, 4) is 5.75 Å². The van der Waals surface area contributed by atoms with E-state index in [1.165, 1.54) is 5.56 Å². The van der Waals surface area contributed by atoms with Crippen LogP contribution in [0.5, 0.6) is 5.75 Å². The first-order valence-electron chi connectivity index (χ1n) is 8.40. The van der Waals surface area contributed by atoms with Gasteiger partial charge in [0.2, 0.25) is 0 Å². The van der Waals surface area contributed by atoms with Crippen molar-refractivity contribution in [2.45, 2.75) is 52.2 Å². The zero-order valence-corrected chi connectivity index (χ0v) is 15.2. The van der Waals surface area contributed by atoms with Crippen LogP contribution in [0.4, 0.5) is 0 Å². The number of hydrogen-bond donors (Lipinski definition) is 1. The fraction of sp³-hybridized carbons (Fsp3) is 0.381. The van der Waals surface area contributed by atoms with E-state index in [2.05, 4.69) is 50.4 Å². The minimum Gasteiger partial charge on any atom is -0.481 e. The van der Waals surface area contributed by atoms with Crippen LogP contribution in [0.25, 0.3) is 0 Å². The Labute approximate surface area is 145 Å². The summed E-state index contributed by atoms with van der Waals surface area (Å²) in [5.74, 6) is 0.577. The topological polar surface area (TPSA) is 38.3 Å². The van der Waals surface area contributed by atoms with Crippen molar-refractivity contribution in [3.63, 3.8) is 0 Å². The van der Waals surface area contributed by atoms with Gasteiger partial charge in [-0.25, -0.2) is 0 Å². The Bertz CT molecular complexity index is 656. The van der Waals surface area contributed by atoms with Gasteiger partial charge in [-0.15, -0.1) is 0 Å². The van der Waals surface area contributed by atoms with Gasteiger partial charge in [0, 0.05) is 0 Å². The van der Waals surface area contributed by atoms with Gasteiger partial charge >= 0.3 is 0 Å². The predicted octanol–water partition coefficient (Wildman–Crippen LogP) is 4.63. The predicted molar refractivity (Wildman–Crippen MR) is 98.2 cm³/mol. The molecule has 0 radical (unpaired) electrons. The molecule has 0 aromatic heterocycles. The molecule has 0 spiro atoms. The van der Waals surface area contributed by atoms with Gasteiger partial charge in [0.25, 0.3) is 5.91 Å². The molecule has 0 aliphatic rings. The Kier molecular flexibility index (Phi) is 5.66. The summed E-state index contributed by atoms with van der Waals surface area (Å²) in [7, 11) is 0. The molecule has 1 amide bonds. The number of hydrogen-bond acceptors (Lipinski definition) is 2. The number of carbonyl (C=O) groups is 1. The lowest BCUT2D eigenvalue weighted by atomic mass is 9.86. The zero-order chi connectivity index (χ0) is 17.7. The van der Waals surface area contributed by atoms with E-state index in [4.69, 9.17) is 4.74 Å². The van der Waals surface area contributed by atoms with Crippen LogP contribution in [0.1, 0.15) is 51.8 Å². The summed E-state index contributed by atoms with van der Waals surface area (Å²) in [6, 6.07) is 17.7. The molecule has 0 aliphatic carbocycles. The van der Waals surface area contributed by atoms with Gasteiger partial charge in [-0.05, 0) is 42.5 Å². The second-order valence-electron chi connectivity index (χ2n) is 7.18. The van der Waals surface area contributed by atoms with Crippen molar-refractivity contribution in [2.75, 3.05) is 0 Å². The average Bonchev–Trinajstić information content (AvgIpc) is 2.55. The third kappa shape index (κ3) is 4.85. The molecule has 0 fully saturated rings. The minimum absolute atomic E-state index is 0.0617. The molecule has 0 saturated heterocycles. The molecule has 3 heteroatoms. The summed E-state index contributed by atoms with van der Waals surface area (Å²) >= 11 is 0. The summed E-state index contributed by atoms with van der Waals surface area (Å²) in [6.45, 7) is 10.3. The van der Waals surface area contributed by atoms with Gasteiger partial charge in [-0.1, -0.05) is 63.2 Å². The summed E-state index contributed by atoms with van der Waals surface area (Å²) in [4.78, 5) is 12.3. The number of amides is 1. The summed E-state index contributed by atoms with van der Waals surface area (Å²) in [5.41, 5.74) is 2.50. The summed E-state index contributed by atoms with van der Waals surface area (Å²) in [6.07, 6.45) is -0.538. The third-order valence-corrected chi connectivity index (χ3v) is 4.06. The first kappa shape index (κ1) is 18.1. The van der Waals surface area contributed by atoms with Gasteiger partial charge in [-0.2, -0.15) is 0 Å². The van der Waals surface area contributed by atoms with Crippen LogP contribution in [-0.4, -0.2) is 12.0 Å². The molecular formula is C21H27NO2. The van der Waals surface area contributed by atoms with Crippen LogP contribution < -0.4 is 10.1 Å². The standard InChI is InChI=1S/C21H27NO2/c1-15(17-11-13-18(14-12-17)21(3,4)5)22-20(23)16(2)24-19-9-7-6-8-10-19/h6-16H,1-5H3,(H,22,23). The van der Waals surface area contributed by atoms with E-state index in [0.29, 0.717) is 5.75 Å². The fourth-order valence-electron chi connectivity index (χ4n) is 2.44. The van der Waals surface area contributed by atoms with Crippen LogP contribution in [0.2, 0.25) is 0 Å². The summed E-state index contributed by atoms with van der Waals surface area (Å²) < 4.78 is 5.66. The van der Waals surface area contributed by atoms with Crippen molar-refractivity contribution in [1.29, 1.82) is 0 Å². The van der Waals surface area contributed by atoms with E-state index >= 15 is 0 Å². The van der Waals surface area contributed by atoms with Crippen LogP contribution in [0, 0.1) is 0 Å². The highest BCUT2D eigenvalue weighted by atomic mass is 16.5. The van der Waals surface area contributed by atoms with Gasteiger partial charge in [0.1, 0.15) is 5.75 Å². The highest BCUT2D eigenvalue weighted by Gasteiger charge is 2.18. The molecular weight excluding hydrogens is 298 g/mol. The Morgan fingerprint density at radius 3 is 2.08 bits per heavy atom. The lowest BCUT2D eigenvalue weighted by Crippen LogP contribution is -2.37. The maximum Gasteiger partial charge on any atom is 0.261 e. The number of carbonyl (C=O) groups excluding carboxylic acids is 1. The van der Waals surface area contributed by atoms with Crippen LogP contribution in [0.3, 0.4) is 0 Å². The SMILES string of the molecule is CC(Oc1ccccc1)C(=O)NC(C)c1ccc(C(C)(C)C)cc1. The number of para-hydroxylation sites is 1. The molecule has 2 atom stereocenters. The molecule has 0 bridgehead atoms. The van der Waals surface area contributed by atoms with Gasteiger partial charge < -0.3 is 10.1 Å². The first-order chi connectivity index (χ1) is 11.3. The van der Waals surface area contributed by atoms with Crippen LogP contribution in [0.15, 0.2) is 54.6 Å². The molecule has 0 heterocycles. The van der Waals surface area contributed by atoms with Crippen molar-refractivity contribution in [1.82, 2.24) is 5.32 Å². The van der Waals surface area contributed by atoms with Crippen LogP contribution >= 0.6 is 0 Å². The van der Waals surface area contributed by atoms with Crippen molar-refractivity contribution in [2.24, 2.45) is 0 Å². The number of rotatable bonds is 5. The van der Waals surface area contributed by atoms with E-state index < -0.39 is 6.10 Å². The zero-order valence-electron chi connectivity index (χ0n) is 15.2. The highest BCUT2D eigenvalue weighted by molar-refractivity contribution is 5.81. The molecule has 2 rings (SSSR count). The van der Waals surface area contributed by atoms with Crippen molar-refractivity contribution in [3.05, 3.63) is 65.7 Å². The van der Waals surface area contributed by atoms with E-state index in [9.17, 15) is 4.79 Å². The van der Waals surface area contributed by atoms with E-state index in [-0.39, 0.29) is 17.4 Å². The monoisotopic (exact) mass is 325 g/mol. The molecule has 3 nitrogen and oxygen atoms in total. The van der Waals surface area contributed by atoms with Crippen LogP contribution in [-0.2, 0) is 10.2 Å². The molecule has 1 N–H and O–H groups in total. The van der Waals surface area contributed by atoms with Crippen molar-refractivity contribution < 1.29 is 9.53 Å². The normalized spacial score (nSPS) is 13.9. The van der Waals surface area contributed by atoms with E-state index in [0.717, 1.165) is 5.56 Å². The molecule has 24 heavy (non-hydrogen) atoms. The quantitative estimate of drug-likeness (QED) is 0.870. The Balaban J connectivity index is 1.95. The van der Waals surface area contributed by atoms with E-state index in [1.807, 2.05) is 37.3 Å². The molecule has 2 aromatic carbocycles. The van der Waals surface area contributed by atoms with Crippen molar-refractivity contribution >= 4 is 5.91 Å². The Morgan fingerprint density at radius 2 is 1.54 bits per heavy atom. The number of benzene rings is 2. The lowest BCUT2D eigenvalue weighted by Gasteiger charge is -2.22. The van der Waals surface area contributed by atoms with Gasteiger partial charge in [0.15, 0.2) is 6.10 Å². The highest BCUT2D eigenvalue weighted by Crippen LogP contribution is 2.24. The Hall–Kier alpha value is -2.29. The minimum atomic E-state index is -0.538. The molecule has 2 unspecified atom stereocenters. The number of ether oxygens (including phenoxy) is 1. The molecule has 128 valence electrons. The van der Waals surface area contributed by atoms with Gasteiger partial charge in [0.05, 0.1) is 6.04 Å². The first-order valence-corrected chi connectivity index (χ1v) is 8.40. The largest absolute Gasteiger partial charge is 0.481 e. The maximum atomic E-state index is 12.3. The smallest absolute Gasteiger partial charge is 0.261 e. The third-order valence-electron chi connectivity index (χ3n) is 4.06. The van der Waals surface area contributed by atoms with Gasteiger partial charge in [-0.3, -0.25) is 4.79 Å². The fourth-order valence-corrected chi connectivity index (χ4v) is 2.44. The molecule has 0 aliphatic heterocycles. The van der Waals surface area contributed by atoms with E-state index in [1.54, 1.807) is 6.92 Å². The second kappa shape index (κ2) is 7.52.